The lowest BCUT2D eigenvalue weighted by Gasteiger charge is -2.20. The smallest absolute Gasteiger partial charge is 0.234 e. The highest BCUT2D eigenvalue weighted by atomic mass is 16.2. The topological polar surface area (TPSA) is 70.2 Å². The van der Waals surface area contributed by atoms with Gasteiger partial charge in [-0.1, -0.05) is 0 Å². The second kappa shape index (κ2) is 7.22. The Kier molecular flexibility index (Phi) is 6.72. The molecule has 0 aromatic heterocycles. The van der Waals surface area contributed by atoms with Crippen LogP contribution < -0.4 is 16.0 Å². The first-order chi connectivity index (χ1) is 7.35. The van der Waals surface area contributed by atoms with Gasteiger partial charge in [-0.2, -0.15) is 0 Å². The molecule has 0 aromatic rings. The molecule has 0 aromatic carbocycles. The van der Waals surface area contributed by atoms with Gasteiger partial charge in [0.05, 0.1) is 6.54 Å². The molecule has 0 bridgehead atoms. The maximum absolute atomic E-state index is 11.4. The Hall–Kier alpha value is -1.10. The Morgan fingerprint density at radius 1 is 1.12 bits per heavy atom. The summed E-state index contributed by atoms with van der Waals surface area (Å²) in [6.07, 6.45) is 0.399. The van der Waals surface area contributed by atoms with Crippen LogP contribution in [0.3, 0.4) is 0 Å². The Balaban J connectivity index is 3.52. The van der Waals surface area contributed by atoms with Crippen molar-refractivity contribution in [1.82, 2.24) is 16.0 Å². The first-order valence-electron chi connectivity index (χ1n) is 5.63. The van der Waals surface area contributed by atoms with Crippen LogP contribution in [-0.4, -0.2) is 37.0 Å². The highest BCUT2D eigenvalue weighted by Crippen LogP contribution is 1.96. The monoisotopic (exact) mass is 229 g/mol. The molecule has 0 aliphatic carbocycles. The number of hydrogen-bond donors (Lipinski definition) is 3. The Morgan fingerprint density at radius 2 is 1.75 bits per heavy atom. The molecular formula is C11H23N3O2. The summed E-state index contributed by atoms with van der Waals surface area (Å²) in [5.41, 5.74) is -0.210. The van der Waals surface area contributed by atoms with Crippen molar-refractivity contribution in [3.05, 3.63) is 0 Å². The van der Waals surface area contributed by atoms with Crippen molar-refractivity contribution < 1.29 is 9.59 Å². The van der Waals surface area contributed by atoms with Gasteiger partial charge in [0.2, 0.25) is 11.8 Å². The standard InChI is InChI=1S/C11H23N3O2/c1-5-13-9(15)6-7-12-8-10(16)14-11(2,3)4/h12H,5-8H2,1-4H3,(H,13,15)(H,14,16). The van der Waals surface area contributed by atoms with Gasteiger partial charge in [0.15, 0.2) is 0 Å². The highest BCUT2D eigenvalue weighted by molar-refractivity contribution is 5.79. The normalized spacial score (nSPS) is 11.0. The largest absolute Gasteiger partial charge is 0.356 e. The highest BCUT2D eigenvalue weighted by Gasteiger charge is 2.12. The lowest BCUT2D eigenvalue weighted by atomic mass is 10.1. The number of amides is 2. The minimum absolute atomic E-state index is 0.00577. The second-order valence-electron chi connectivity index (χ2n) is 4.68. The van der Waals surface area contributed by atoms with Crippen LogP contribution in [-0.2, 0) is 9.59 Å². The third-order valence-electron chi connectivity index (χ3n) is 1.70. The fourth-order valence-corrected chi connectivity index (χ4v) is 1.15. The summed E-state index contributed by atoms with van der Waals surface area (Å²) in [6.45, 7) is 9.07. The van der Waals surface area contributed by atoms with E-state index in [0.29, 0.717) is 19.5 Å². The molecule has 0 aliphatic heterocycles. The first-order valence-corrected chi connectivity index (χ1v) is 5.63. The predicted octanol–water partition coefficient (Wildman–Crippen LogP) is 0.0169. The van der Waals surface area contributed by atoms with E-state index in [-0.39, 0.29) is 23.9 Å². The molecule has 5 heteroatoms. The van der Waals surface area contributed by atoms with Crippen molar-refractivity contribution in [2.75, 3.05) is 19.6 Å². The molecule has 0 saturated carbocycles. The molecule has 0 saturated heterocycles. The van der Waals surface area contributed by atoms with Gasteiger partial charge in [-0.05, 0) is 27.7 Å². The SMILES string of the molecule is CCNC(=O)CCNCC(=O)NC(C)(C)C. The molecule has 0 spiro atoms. The van der Waals surface area contributed by atoms with Crippen molar-refractivity contribution in [2.24, 2.45) is 0 Å². The quantitative estimate of drug-likeness (QED) is 0.562. The lowest BCUT2D eigenvalue weighted by molar-refractivity contribution is -0.123. The zero-order valence-corrected chi connectivity index (χ0v) is 10.6. The Morgan fingerprint density at radius 3 is 2.25 bits per heavy atom. The molecule has 16 heavy (non-hydrogen) atoms. The molecule has 0 rings (SSSR count). The van der Waals surface area contributed by atoms with Crippen LogP contribution in [0, 0.1) is 0 Å². The van der Waals surface area contributed by atoms with Gasteiger partial charge in [-0.3, -0.25) is 9.59 Å². The van der Waals surface area contributed by atoms with E-state index in [1.54, 1.807) is 0 Å². The van der Waals surface area contributed by atoms with Gasteiger partial charge in [0, 0.05) is 25.0 Å². The summed E-state index contributed by atoms with van der Waals surface area (Å²) in [6, 6.07) is 0. The van der Waals surface area contributed by atoms with Crippen molar-refractivity contribution in [3.63, 3.8) is 0 Å². The zero-order valence-electron chi connectivity index (χ0n) is 10.6. The van der Waals surface area contributed by atoms with Gasteiger partial charge >= 0.3 is 0 Å². The van der Waals surface area contributed by atoms with Crippen LogP contribution in [0.5, 0.6) is 0 Å². The maximum Gasteiger partial charge on any atom is 0.234 e. The summed E-state index contributed by atoms with van der Waals surface area (Å²) in [7, 11) is 0. The van der Waals surface area contributed by atoms with Crippen molar-refractivity contribution in [2.45, 2.75) is 39.7 Å². The minimum Gasteiger partial charge on any atom is -0.356 e. The third-order valence-corrected chi connectivity index (χ3v) is 1.70. The van der Waals surface area contributed by atoms with E-state index in [9.17, 15) is 9.59 Å². The zero-order chi connectivity index (χ0) is 12.6. The van der Waals surface area contributed by atoms with E-state index in [2.05, 4.69) is 16.0 Å². The molecule has 0 fully saturated rings. The van der Waals surface area contributed by atoms with Crippen molar-refractivity contribution in [1.29, 1.82) is 0 Å². The summed E-state index contributed by atoms with van der Waals surface area (Å²) >= 11 is 0. The molecule has 0 heterocycles. The van der Waals surface area contributed by atoms with Crippen molar-refractivity contribution >= 4 is 11.8 Å². The second-order valence-corrected chi connectivity index (χ2v) is 4.68. The van der Waals surface area contributed by atoms with E-state index < -0.39 is 0 Å². The van der Waals surface area contributed by atoms with Gasteiger partial charge in [0.25, 0.3) is 0 Å². The van der Waals surface area contributed by atoms with Gasteiger partial charge in [-0.25, -0.2) is 0 Å². The van der Waals surface area contributed by atoms with Crippen LogP contribution in [0.25, 0.3) is 0 Å². The number of carbonyl (C=O) groups is 2. The van der Waals surface area contributed by atoms with E-state index in [4.69, 9.17) is 0 Å². The lowest BCUT2D eigenvalue weighted by Crippen LogP contribution is -2.45. The predicted molar refractivity (Wildman–Crippen MR) is 64.1 cm³/mol. The molecule has 0 aliphatic rings. The number of hydrogen-bond acceptors (Lipinski definition) is 3. The summed E-state index contributed by atoms with van der Waals surface area (Å²) in [4.78, 5) is 22.4. The van der Waals surface area contributed by atoms with E-state index >= 15 is 0 Å². The molecule has 0 radical (unpaired) electrons. The maximum atomic E-state index is 11.4. The van der Waals surface area contributed by atoms with Crippen LogP contribution in [0.1, 0.15) is 34.1 Å². The van der Waals surface area contributed by atoms with E-state index in [1.807, 2.05) is 27.7 Å². The molecule has 3 N–H and O–H groups in total. The van der Waals surface area contributed by atoms with Crippen LogP contribution in [0.2, 0.25) is 0 Å². The fraction of sp³-hybridized carbons (Fsp3) is 0.818. The Bertz CT molecular complexity index is 234. The molecule has 0 atom stereocenters. The molecule has 94 valence electrons. The van der Waals surface area contributed by atoms with Crippen molar-refractivity contribution in [3.8, 4) is 0 Å². The molecule has 2 amide bonds. The third kappa shape index (κ3) is 9.45. The van der Waals surface area contributed by atoms with Gasteiger partial charge < -0.3 is 16.0 Å². The molecule has 5 nitrogen and oxygen atoms in total. The fourth-order valence-electron chi connectivity index (χ4n) is 1.15. The summed E-state index contributed by atoms with van der Waals surface area (Å²) in [5.74, 6) is -0.0466. The number of rotatable bonds is 6. The van der Waals surface area contributed by atoms with E-state index in [1.165, 1.54) is 0 Å². The summed E-state index contributed by atoms with van der Waals surface area (Å²) in [5, 5.41) is 8.45. The van der Waals surface area contributed by atoms with Gasteiger partial charge in [-0.15, -0.1) is 0 Å². The van der Waals surface area contributed by atoms with Gasteiger partial charge in [0.1, 0.15) is 0 Å². The van der Waals surface area contributed by atoms with Crippen LogP contribution in [0.15, 0.2) is 0 Å². The summed E-state index contributed by atoms with van der Waals surface area (Å²) < 4.78 is 0. The molecule has 0 unspecified atom stereocenters. The average Bonchev–Trinajstić information content (AvgIpc) is 2.10. The number of carbonyl (C=O) groups excluding carboxylic acids is 2. The Labute approximate surface area is 97.4 Å². The molecular weight excluding hydrogens is 206 g/mol. The van der Waals surface area contributed by atoms with E-state index in [0.717, 1.165) is 0 Å². The first kappa shape index (κ1) is 14.9. The minimum atomic E-state index is -0.210. The van der Waals surface area contributed by atoms with Crippen LogP contribution in [0.4, 0.5) is 0 Å². The average molecular weight is 229 g/mol. The van der Waals surface area contributed by atoms with Crippen LogP contribution >= 0.6 is 0 Å². The number of nitrogens with one attached hydrogen (secondary N) is 3.